The molecular weight excluding hydrogens is 356 g/mol. The molecule has 2 aromatic rings. The summed E-state index contributed by atoms with van der Waals surface area (Å²) in [4.78, 5) is 33.7. The van der Waals surface area contributed by atoms with Crippen LogP contribution in [0, 0.1) is 30.6 Å². The van der Waals surface area contributed by atoms with Gasteiger partial charge in [-0.05, 0) is 45.4 Å². The lowest BCUT2D eigenvalue weighted by atomic mass is 9.81. The number of hydrogen-bond donors (Lipinski definition) is 0. The number of anilines is 1. The van der Waals surface area contributed by atoms with E-state index in [1.807, 2.05) is 37.3 Å². The number of aryl methyl sites for hydroxylation is 1. The van der Waals surface area contributed by atoms with Crippen molar-refractivity contribution in [1.29, 1.82) is 0 Å². The van der Waals surface area contributed by atoms with Gasteiger partial charge in [0, 0.05) is 10.4 Å². The number of hydrogen-bond acceptors (Lipinski definition) is 4. The van der Waals surface area contributed by atoms with E-state index in [9.17, 15) is 9.59 Å². The van der Waals surface area contributed by atoms with Crippen molar-refractivity contribution in [3.05, 3.63) is 46.4 Å². The predicted octanol–water partition coefficient (Wildman–Crippen LogP) is 4.60. The minimum atomic E-state index is -0.175. The van der Waals surface area contributed by atoms with Crippen LogP contribution in [0.5, 0.6) is 0 Å². The van der Waals surface area contributed by atoms with Gasteiger partial charge in [-0.25, -0.2) is 9.88 Å². The van der Waals surface area contributed by atoms with Crippen LogP contribution < -0.4 is 4.90 Å². The molecule has 5 rings (SSSR count). The topological polar surface area (TPSA) is 50.3 Å². The lowest BCUT2D eigenvalue weighted by molar-refractivity contribution is -0.123. The third-order valence-electron chi connectivity index (χ3n) is 6.45. The Balaban J connectivity index is 1.53. The lowest BCUT2D eigenvalue weighted by Crippen LogP contribution is -2.33. The standard InChI is InChI=1S/C22H22N2O2S/c1-11(2)16-14-9-10-15(16)18-17(14)20(25)24(21(18)26)22-23-19(12(3)27-22)13-7-5-4-6-8-13/h4-8,14-15,17-18H,9-10H2,1-3H3/t14-,15+,17+,18-. The summed E-state index contributed by atoms with van der Waals surface area (Å²) in [6.07, 6.45) is 2.07. The Bertz CT molecular complexity index is 955. The highest BCUT2D eigenvalue weighted by Gasteiger charge is 2.64. The second kappa shape index (κ2) is 5.86. The minimum absolute atomic E-state index is 0.0377. The highest BCUT2D eigenvalue weighted by Crippen LogP contribution is 2.60. The number of aromatic nitrogens is 1. The van der Waals surface area contributed by atoms with Gasteiger partial charge >= 0.3 is 0 Å². The van der Waals surface area contributed by atoms with E-state index >= 15 is 0 Å². The van der Waals surface area contributed by atoms with Crippen molar-refractivity contribution in [3.63, 3.8) is 0 Å². The van der Waals surface area contributed by atoms with Crippen molar-refractivity contribution in [1.82, 2.24) is 4.98 Å². The summed E-state index contributed by atoms with van der Waals surface area (Å²) in [6.45, 7) is 6.23. The predicted molar refractivity (Wildman–Crippen MR) is 106 cm³/mol. The van der Waals surface area contributed by atoms with E-state index in [4.69, 9.17) is 4.98 Å². The quantitative estimate of drug-likeness (QED) is 0.567. The maximum Gasteiger partial charge on any atom is 0.240 e. The van der Waals surface area contributed by atoms with E-state index < -0.39 is 0 Å². The number of thiazole rings is 1. The molecule has 0 unspecified atom stereocenters. The molecule has 4 nitrogen and oxygen atoms in total. The first-order chi connectivity index (χ1) is 13.0. The van der Waals surface area contributed by atoms with Crippen molar-refractivity contribution in [2.24, 2.45) is 23.7 Å². The number of amides is 2. The van der Waals surface area contributed by atoms with Crippen LogP contribution in [0.15, 0.2) is 41.5 Å². The maximum atomic E-state index is 13.3. The molecule has 0 radical (unpaired) electrons. The van der Waals surface area contributed by atoms with Crippen LogP contribution in [-0.4, -0.2) is 16.8 Å². The SMILES string of the molecule is CC(C)=C1[C@H]2CC[C@@H]1[C@H]1C(=O)N(c3nc(-c4ccccc4)c(C)s3)C(=O)[C@H]12. The van der Waals surface area contributed by atoms with Crippen LogP contribution in [0.1, 0.15) is 31.6 Å². The van der Waals surface area contributed by atoms with E-state index in [0.29, 0.717) is 5.13 Å². The van der Waals surface area contributed by atoms with Crippen molar-refractivity contribution >= 4 is 28.3 Å². The number of imide groups is 1. The van der Waals surface area contributed by atoms with Crippen LogP contribution >= 0.6 is 11.3 Å². The molecule has 0 N–H and O–H groups in total. The fourth-order valence-corrected chi connectivity index (χ4v) is 6.46. The Labute approximate surface area is 162 Å². The molecule has 1 aliphatic heterocycles. The zero-order valence-corrected chi connectivity index (χ0v) is 16.5. The molecule has 2 aliphatic carbocycles. The van der Waals surface area contributed by atoms with Gasteiger partial charge in [0.15, 0.2) is 5.13 Å². The maximum absolute atomic E-state index is 13.3. The molecule has 2 heterocycles. The fraction of sp³-hybridized carbons (Fsp3) is 0.409. The Morgan fingerprint density at radius 2 is 1.63 bits per heavy atom. The monoisotopic (exact) mass is 378 g/mol. The molecule has 3 aliphatic rings. The lowest BCUT2D eigenvalue weighted by Gasteiger charge is -2.18. The van der Waals surface area contributed by atoms with Crippen LogP contribution in [0.2, 0.25) is 0 Å². The van der Waals surface area contributed by atoms with Gasteiger partial charge in [-0.15, -0.1) is 11.3 Å². The average molecular weight is 378 g/mol. The number of carbonyl (C=O) groups is 2. The molecule has 1 saturated heterocycles. The summed E-state index contributed by atoms with van der Waals surface area (Å²) in [7, 11) is 0. The second-order valence-electron chi connectivity index (χ2n) is 8.08. The summed E-state index contributed by atoms with van der Waals surface area (Å²) in [6, 6.07) is 9.94. The molecule has 4 atom stereocenters. The van der Waals surface area contributed by atoms with Gasteiger partial charge in [0.2, 0.25) is 11.8 Å². The van der Waals surface area contributed by atoms with Crippen LogP contribution in [0.4, 0.5) is 5.13 Å². The van der Waals surface area contributed by atoms with Gasteiger partial charge in [-0.1, -0.05) is 41.5 Å². The zero-order chi connectivity index (χ0) is 18.9. The molecular formula is C22H22N2O2S. The smallest absolute Gasteiger partial charge is 0.240 e. The largest absolute Gasteiger partial charge is 0.274 e. The molecule has 27 heavy (non-hydrogen) atoms. The Kier molecular flexibility index (Phi) is 3.66. The molecule has 5 heteroatoms. The van der Waals surface area contributed by atoms with Crippen LogP contribution in [0.3, 0.4) is 0 Å². The van der Waals surface area contributed by atoms with Crippen molar-refractivity contribution < 1.29 is 9.59 Å². The normalized spacial score (nSPS) is 29.0. The highest BCUT2D eigenvalue weighted by molar-refractivity contribution is 7.16. The second-order valence-corrected chi connectivity index (χ2v) is 9.26. The number of benzene rings is 1. The Hall–Kier alpha value is -2.27. The van der Waals surface area contributed by atoms with E-state index in [-0.39, 0.29) is 35.5 Å². The Morgan fingerprint density at radius 1 is 1.04 bits per heavy atom. The van der Waals surface area contributed by atoms with E-state index in [1.165, 1.54) is 27.4 Å². The summed E-state index contributed by atoms with van der Waals surface area (Å²) in [5.41, 5.74) is 4.55. The molecule has 1 aromatic carbocycles. The number of rotatable bonds is 2. The first-order valence-electron chi connectivity index (χ1n) is 9.57. The molecule has 2 saturated carbocycles. The Morgan fingerprint density at radius 3 is 2.19 bits per heavy atom. The first kappa shape index (κ1) is 16.9. The molecule has 0 spiro atoms. The minimum Gasteiger partial charge on any atom is -0.274 e. The van der Waals surface area contributed by atoms with E-state index in [0.717, 1.165) is 29.0 Å². The van der Waals surface area contributed by atoms with Gasteiger partial charge < -0.3 is 0 Å². The third-order valence-corrected chi connectivity index (χ3v) is 7.41. The first-order valence-corrected chi connectivity index (χ1v) is 10.4. The molecule has 3 fully saturated rings. The molecule has 1 aromatic heterocycles. The van der Waals surface area contributed by atoms with Crippen molar-refractivity contribution in [2.45, 2.75) is 33.6 Å². The molecule has 2 amide bonds. The summed E-state index contributed by atoms with van der Waals surface area (Å²) in [5, 5.41) is 0.536. The van der Waals surface area contributed by atoms with Crippen LogP contribution in [-0.2, 0) is 9.59 Å². The van der Waals surface area contributed by atoms with Gasteiger partial charge in [0.1, 0.15) is 0 Å². The van der Waals surface area contributed by atoms with E-state index in [1.54, 1.807) is 0 Å². The van der Waals surface area contributed by atoms with Gasteiger partial charge in [-0.2, -0.15) is 0 Å². The van der Waals surface area contributed by atoms with Gasteiger partial charge in [0.05, 0.1) is 17.5 Å². The highest BCUT2D eigenvalue weighted by atomic mass is 32.1. The summed E-state index contributed by atoms with van der Waals surface area (Å²) >= 11 is 1.44. The molecule has 138 valence electrons. The zero-order valence-electron chi connectivity index (χ0n) is 15.7. The van der Waals surface area contributed by atoms with Crippen molar-refractivity contribution in [2.75, 3.05) is 4.90 Å². The summed E-state index contributed by atoms with van der Waals surface area (Å²) < 4.78 is 0. The number of carbonyl (C=O) groups excluding carboxylic acids is 2. The molecule has 2 bridgehead atoms. The van der Waals surface area contributed by atoms with Gasteiger partial charge in [0.25, 0.3) is 0 Å². The fourth-order valence-electron chi connectivity index (χ4n) is 5.52. The number of fused-ring (bicyclic) bond motifs is 5. The number of allylic oxidation sites excluding steroid dienone is 2. The van der Waals surface area contributed by atoms with Crippen LogP contribution in [0.25, 0.3) is 11.3 Å². The van der Waals surface area contributed by atoms with Gasteiger partial charge in [-0.3, -0.25) is 9.59 Å². The number of nitrogens with zero attached hydrogens (tertiary/aromatic N) is 2. The summed E-state index contributed by atoms with van der Waals surface area (Å²) in [5.74, 6) is 0.0758. The van der Waals surface area contributed by atoms with Crippen molar-refractivity contribution in [3.8, 4) is 11.3 Å². The third kappa shape index (κ3) is 2.24. The average Bonchev–Trinajstić information content (AvgIpc) is 3.37. The van der Waals surface area contributed by atoms with E-state index in [2.05, 4.69) is 13.8 Å².